The molecule has 0 spiro atoms. The molecule has 0 aromatic heterocycles. The third-order valence-corrected chi connectivity index (χ3v) is 9.51. The van der Waals surface area contributed by atoms with E-state index in [2.05, 4.69) is 35.3 Å². The number of carbonyl (C=O) groups is 2. The Labute approximate surface area is 253 Å². The van der Waals surface area contributed by atoms with Crippen molar-refractivity contribution >= 4 is 47.4 Å². The molecule has 8 heteroatoms. The van der Waals surface area contributed by atoms with Crippen LogP contribution in [0.3, 0.4) is 0 Å². The highest BCUT2D eigenvalue weighted by atomic mass is 35.5. The quantitative estimate of drug-likeness (QED) is 0.317. The molecule has 1 N–H and O–H groups in total. The first-order valence-corrected chi connectivity index (χ1v) is 14.3. The summed E-state index contributed by atoms with van der Waals surface area (Å²) in [7, 11) is 1.89. The first kappa shape index (κ1) is 30.4. The van der Waals surface area contributed by atoms with Gasteiger partial charge in [0.1, 0.15) is 0 Å². The lowest BCUT2D eigenvalue weighted by molar-refractivity contribution is -0.121. The van der Waals surface area contributed by atoms with Crippen molar-refractivity contribution in [3.8, 4) is 0 Å². The molecule has 212 valence electrons. The Balaban J connectivity index is 0.00000370. The topological polar surface area (TPSA) is 52.7 Å². The zero-order valence-corrected chi connectivity index (χ0v) is 25.5. The number of nitrogens with zero attached hydrogens (tertiary/aromatic N) is 2. The minimum absolute atomic E-state index is 0. The molecule has 0 radical (unpaired) electrons. The minimum Gasteiger partial charge on any atom is -0.347 e. The van der Waals surface area contributed by atoms with Crippen molar-refractivity contribution in [1.82, 2.24) is 15.1 Å². The molecule has 0 saturated carbocycles. The van der Waals surface area contributed by atoms with Gasteiger partial charge in [-0.2, -0.15) is 0 Å². The molecule has 5 rings (SSSR count). The molecule has 3 aromatic rings. The van der Waals surface area contributed by atoms with Gasteiger partial charge < -0.3 is 15.1 Å². The third kappa shape index (κ3) is 5.62. The zero-order chi connectivity index (χ0) is 27.8. The van der Waals surface area contributed by atoms with E-state index in [-0.39, 0.29) is 35.8 Å². The summed E-state index contributed by atoms with van der Waals surface area (Å²) in [5.74, 6) is 0.0370. The molecule has 2 unspecified atom stereocenters. The second-order valence-corrected chi connectivity index (χ2v) is 12.0. The molecule has 2 aliphatic heterocycles. The SMILES string of the molecule is CC(=O)NC1(c2ccccc2)CCN(CCC(C)(c2ccc(Cl)c(Cl)c2)C2c3ccccc3C(=O)N2C)CC1.Cl. The molecular weight excluding hydrogens is 565 g/mol. The van der Waals surface area contributed by atoms with Gasteiger partial charge >= 0.3 is 0 Å². The average molecular weight is 601 g/mol. The van der Waals surface area contributed by atoms with Gasteiger partial charge in [0.05, 0.1) is 21.6 Å². The van der Waals surface area contributed by atoms with Crippen LogP contribution in [-0.2, 0) is 15.7 Å². The number of nitrogens with one attached hydrogen (secondary N) is 1. The second-order valence-electron chi connectivity index (χ2n) is 11.2. The number of benzene rings is 3. The Bertz CT molecular complexity index is 1370. The van der Waals surface area contributed by atoms with E-state index in [1.807, 2.05) is 66.5 Å². The maximum Gasteiger partial charge on any atom is 0.254 e. The molecule has 5 nitrogen and oxygen atoms in total. The molecule has 2 aliphatic rings. The molecule has 1 fully saturated rings. The van der Waals surface area contributed by atoms with E-state index in [0.717, 1.165) is 61.2 Å². The van der Waals surface area contributed by atoms with E-state index in [9.17, 15) is 9.59 Å². The lowest BCUT2D eigenvalue weighted by Gasteiger charge is -2.45. The van der Waals surface area contributed by atoms with E-state index in [1.54, 1.807) is 6.92 Å². The summed E-state index contributed by atoms with van der Waals surface area (Å²) in [6, 6.07) is 23.9. The molecular formula is C32H36Cl3N3O2. The van der Waals surface area contributed by atoms with Gasteiger partial charge in [-0.1, -0.05) is 84.7 Å². The molecule has 40 heavy (non-hydrogen) atoms. The highest BCUT2D eigenvalue weighted by Crippen LogP contribution is 2.49. The van der Waals surface area contributed by atoms with Crippen LogP contribution in [0.5, 0.6) is 0 Å². The van der Waals surface area contributed by atoms with E-state index in [1.165, 1.54) is 0 Å². The maximum absolute atomic E-state index is 13.2. The molecule has 1 saturated heterocycles. The lowest BCUT2D eigenvalue weighted by Crippen LogP contribution is -2.53. The lowest BCUT2D eigenvalue weighted by atomic mass is 9.70. The molecule has 2 amide bonds. The number of rotatable bonds is 7. The van der Waals surface area contributed by atoms with Crippen molar-refractivity contribution in [1.29, 1.82) is 0 Å². The number of fused-ring (bicyclic) bond motifs is 1. The number of piperidine rings is 1. The van der Waals surface area contributed by atoms with Crippen LogP contribution in [0.1, 0.15) is 66.2 Å². The van der Waals surface area contributed by atoms with Crippen molar-refractivity contribution in [2.45, 2.75) is 50.1 Å². The van der Waals surface area contributed by atoms with Crippen molar-refractivity contribution in [2.75, 3.05) is 26.7 Å². The maximum atomic E-state index is 13.2. The molecule has 3 aromatic carbocycles. The average Bonchev–Trinajstić information content (AvgIpc) is 3.20. The monoisotopic (exact) mass is 599 g/mol. The van der Waals surface area contributed by atoms with E-state index in [0.29, 0.717) is 10.0 Å². The van der Waals surface area contributed by atoms with E-state index < -0.39 is 5.41 Å². The van der Waals surface area contributed by atoms with Crippen LogP contribution in [0.25, 0.3) is 0 Å². The predicted octanol–water partition coefficient (Wildman–Crippen LogP) is 7.02. The molecule has 0 bridgehead atoms. The summed E-state index contributed by atoms with van der Waals surface area (Å²) in [6.45, 7) is 6.41. The normalized spacial score (nSPS) is 19.9. The fraction of sp³-hybridized carbons (Fsp3) is 0.375. The standard InChI is InChI=1S/C32H35Cl2N3O2.ClH/c1-22(38)35-32(23-9-5-4-6-10-23)16-19-37(20-17-32)18-15-31(2,24-13-14-27(33)28(34)21-24)29-25-11-7-8-12-26(25)30(39)36(29)3;/h4-14,21,29H,15-20H2,1-3H3,(H,35,38);1H. The second kappa shape index (κ2) is 12.1. The summed E-state index contributed by atoms with van der Waals surface area (Å²) in [6.07, 6.45) is 2.50. The van der Waals surface area contributed by atoms with Crippen LogP contribution in [0.4, 0.5) is 0 Å². The number of hydrogen-bond donors (Lipinski definition) is 1. The zero-order valence-electron chi connectivity index (χ0n) is 23.1. The van der Waals surface area contributed by atoms with Crippen molar-refractivity contribution in [3.63, 3.8) is 0 Å². The third-order valence-electron chi connectivity index (χ3n) is 8.77. The van der Waals surface area contributed by atoms with Crippen molar-refractivity contribution in [3.05, 3.63) is 105 Å². The van der Waals surface area contributed by atoms with Gasteiger partial charge in [0.2, 0.25) is 5.91 Å². The minimum atomic E-state index is -0.406. The first-order chi connectivity index (χ1) is 18.6. The van der Waals surface area contributed by atoms with E-state index in [4.69, 9.17) is 23.2 Å². The molecule has 2 heterocycles. The number of likely N-dealkylation sites (tertiary alicyclic amines) is 1. The van der Waals surface area contributed by atoms with Gasteiger partial charge in [-0.15, -0.1) is 12.4 Å². The Morgan fingerprint density at radius 1 is 1.00 bits per heavy atom. The Kier molecular flexibility index (Phi) is 9.21. The van der Waals surface area contributed by atoms with Gasteiger partial charge in [-0.25, -0.2) is 0 Å². The predicted molar refractivity (Wildman–Crippen MR) is 165 cm³/mol. The van der Waals surface area contributed by atoms with Crippen LogP contribution < -0.4 is 5.32 Å². The Morgan fingerprint density at radius 3 is 2.30 bits per heavy atom. The highest BCUT2D eigenvalue weighted by Gasteiger charge is 2.47. The van der Waals surface area contributed by atoms with Crippen LogP contribution in [0.15, 0.2) is 72.8 Å². The summed E-state index contributed by atoms with van der Waals surface area (Å²) in [5, 5.41) is 4.31. The largest absolute Gasteiger partial charge is 0.347 e. The Hall–Kier alpha value is -2.57. The number of amides is 2. The van der Waals surface area contributed by atoms with Crippen LogP contribution in [-0.4, -0.2) is 48.3 Å². The highest BCUT2D eigenvalue weighted by molar-refractivity contribution is 6.42. The van der Waals surface area contributed by atoms with Crippen LogP contribution >= 0.6 is 35.6 Å². The van der Waals surface area contributed by atoms with Crippen molar-refractivity contribution < 1.29 is 9.59 Å². The smallest absolute Gasteiger partial charge is 0.254 e. The van der Waals surface area contributed by atoms with Crippen LogP contribution in [0.2, 0.25) is 10.0 Å². The summed E-state index contributed by atoms with van der Waals surface area (Å²) in [4.78, 5) is 29.8. The summed E-state index contributed by atoms with van der Waals surface area (Å²) < 4.78 is 0. The van der Waals surface area contributed by atoms with Gasteiger partial charge in [-0.05, 0) is 60.7 Å². The molecule has 0 aliphatic carbocycles. The first-order valence-electron chi connectivity index (χ1n) is 13.5. The Morgan fingerprint density at radius 2 is 1.65 bits per heavy atom. The van der Waals surface area contributed by atoms with Crippen LogP contribution in [0, 0.1) is 0 Å². The van der Waals surface area contributed by atoms with Gasteiger partial charge in [0, 0.05) is 38.0 Å². The summed E-state index contributed by atoms with van der Waals surface area (Å²) >= 11 is 12.8. The summed E-state index contributed by atoms with van der Waals surface area (Å²) in [5.41, 5.74) is 3.27. The van der Waals surface area contributed by atoms with Gasteiger partial charge in [0.15, 0.2) is 0 Å². The number of hydrogen-bond acceptors (Lipinski definition) is 3. The van der Waals surface area contributed by atoms with Gasteiger partial charge in [-0.3, -0.25) is 9.59 Å². The fourth-order valence-corrected chi connectivity index (χ4v) is 6.93. The van der Waals surface area contributed by atoms with Crippen molar-refractivity contribution in [2.24, 2.45) is 0 Å². The molecule has 2 atom stereocenters. The number of halogens is 3. The fourth-order valence-electron chi connectivity index (χ4n) is 6.64. The number of carbonyl (C=O) groups excluding carboxylic acids is 2. The van der Waals surface area contributed by atoms with Gasteiger partial charge in [0.25, 0.3) is 5.91 Å². The van der Waals surface area contributed by atoms with E-state index >= 15 is 0 Å². The number of likely N-dealkylation sites (N-methyl/N-ethyl adjacent to an activating group) is 1.